The summed E-state index contributed by atoms with van der Waals surface area (Å²) in [6, 6.07) is 0. The van der Waals surface area contributed by atoms with Crippen molar-refractivity contribution in [2.75, 3.05) is 40.0 Å². The Morgan fingerprint density at radius 3 is 3.04 bits per heavy atom. The molecule has 0 spiro atoms. The Kier molecular flexibility index (Phi) is 5.30. The van der Waals surface area contributed by atoms with Crippen LogP contribution < -0.4 is 10.6 Å². The maximum absolute atomic E-state index is 12.5. The normalized spacial score (nSPS) is 23.8. The van der Waals surface area contributed by atoms with Gasteiger partial charge in [-0.2, -0.15) is 0 Å². The zero-order chi connectivity index (χ0) is 16.1. The summed E-state index contributed by atoms with van der Waals surface area (Å²) in [5, 5.41) is 6.37. The highest BCUT2D eigenvalue weighted by molar-refractivity contribution is 5.93. The standard InChI is InChI=1S/C16H25N3O4/c1-21-10-16(4-6-17-7-5-16)9-18-15(20)13-14(23-11-19-13)12-3-2-8-22-12/h11-12,17H,2-10H2,1H3,(H,18,20). The molecular formula is C16H25N3O4. The minimum atomic E-state index is -0.196. The van der Waals surface area contributed by atoms with Gasteiger partial charge in [0.25, 0.3) is 5.91 Å². The monoisotopic (exact) mass is 323 g/mol. The number of hydrogen-bond donors (Lipinski definition) is 2. The van der Waals surface area contributed by atoms with Gasteiger partial charge in [0, 0.05) is 25.7 Å². The summed E-state index contributed by atoms with van der Waals surface area (Å²) in [4.78, 5) is 16.6. The molecule has 1 amide bonds. The third kappa shape index (κ3) is 3.73. The number of amides is 1. The van der Waals surface area contributed by atoms with Gasteiger partial charge in [-0.15, -0.1) is 0 Å². The summed E-state index contributed by atoms with van der Waals surface area (Å²) >= 11 is 0. The summed E-state index contributed by atoms with van der Waals surface area (Å²) in [5.74, 6) is 0.351. The van der Waals surface area contributed by atoms with Crippen LogP contribution in [0.2, 0.25) is 0 Å². The highest BCUT2D eigenvalue weighted by Gasteiger charge is 2.34. The van der Waals surface area contributed by atoms with Crippen molar-refractivity contribution < 1.29 is 18.7 Å². The number of ether oxygens (including phenoxy) is 2. The molecule has 0 radical (unpaired) electrons. The summed E-state index contributed by atoms with van der Waals surface area (Å²) in [6.07, 6.45) is 4.99. The lowest BCUT2D eigenvalue weighted by molar-refractivity contribution is 0.0507. The second-order valence-corrected chi connectivity index (χ2v) is 6.43. The quantitative estimate of drug-likeness (QED) is 0.820. The van der Waals surface area contributed by atoms with Gasteiger partial charge >= 0.3 is 0 Å². The van der Waals surface area contributed by atoms with Gasteiger partial charge in [-0.25, -0.2) is 4.98 Å². The Morgan fingerprint density at radius 1 is 1.52 bits per heavy atom. The van der Waals surface area contributed by atoms with E-state index < -0.39 is 0 Å². The van der Waals surface area contributed by atoms with E-state index in [1.807, 2.05) is 0 Å². The van der Waals surface area contributed by atoms with E-state index in [4.69, 9.17) is 13.9 Å². The molecule has 3 rings (SSSR count). The van der Waals surface area contributed by atoms with E-state index in [9.17, 15) is 4.79 Å². The molecular weight excluding hydrogens is 298 g/mol. The fraction of sp³-hybridized carbons (Fsp3) is 0.750. The first-order valence-electron chi connectivity index (χ1n) is 8.27. The van der Waals surface area contributed by atoms with Crippen LogP contribution in [0.1, 0.15) is 48.0 Å². The molecule has 1 aromatic rings. The Balaban J connectivity index is 1.63. The lowest BCUT2D eigenvalue weighted by Gasteiger charge is -2.37. The minimum Gasteiger partial charge on any atom is -0.445 e. The van der Waals surface area contributed by atoms with Crippen molar-refractivity contribution in [1.29, 1.82) is 0 Å². The van der Waals surface area contributed by atoms with Crippen molar-refractivity contribution in [2.24, 2.45) is 5.41 Å². The molecule has 0 aromatic carbocycles. The van der Waals surface area contributed by atoms with Crippen molar-refractivity contribution in [3.63, 3.8) is 0 Å². The van der Waals surface area contributed by atoms with Gasteiger partial charge in [-0.05, 0) is 38.8 Å². The van der Waals surface area contributed by atoms with Gasteiger partial charge in [0.15, 0.2) is 17.8 Å². The predicted molar refractivity (Wildman–Crippen MR) is 83.2 cm³/mol. The van der Waals surface area contributed by atoms with Crippen molar-refractivity contribution in [1.82, 2.24) is 15.6 Å². The first-order chi connectivity index (χ1) is 11.2. The predicted octanol–water partition coefficient (Wildman–Crippen LogP) is 1.27. The Morgan fingerprint density at radius 2 is 2.35 bits per heavy atom. The Bertz CT molecular complexity index is 514. The van der Waals surface area contributed by atoms with E-state index in [2.05, 4.69) is 15.6 Å². The van der Waals surface area contributed by atoms with Crippen molar-refractivity contribution in [3.8, 4) is 0 Å². The lowest BCUT2D eigenvalue weighted by atomic mass is 9.79. The number of nitrogens with one attached hydrogen (secondary N) is 2. The molecule has 2 saturated heterocycles. The van der Waals surface area contributed by atoms with Crippen LogP contribution in [0, 0.1) is 5.41 Å². The summed E-state index contributed by atoms with van der Waals surface area (Å²) in [7, 11) is 1.71. The molecule has 128 valence electrons. The van der Waals surface area contributed by atoms with Crippen LogP contribution in [0.25, 0.3) is 0 Å². The number of rotatable bonds is 6. The van der Waals surface area contributed by atoms with Crippen LogP contribution >= 0.6 is 0 Å². The average molecular weight is 323 g/mol. The van der Waals surface area contributed by atoms with E-state index in [1.54, 1.807) is 7.11 Å². The molecule has 2 N–H and O–H groups in total. The fourth-order valence-corrected chi connectivity index (χ4v) is 3.43. The van der Waals surface area contributed by atoms with E-state index >= 15 is 0 Å². The second-order valence-electron chi connectivity index (χ2n) is 6.43. The number of methoxy groups -OCH3 is 1. The number of aromatic nitrogens is 1. The van der Waals surface area contributed by atoms with Gasteiger partial charge in [0.2, 0.25) is 0 Å². The smallest absolute Gasteiger partial charge is 0.273 e. The molecule has 1 aromatic heterocycles. The topological polar surface area (TPSA) is 85.6 Å². The van der Waals surface area contributed by atoms with E-state index in [0.29, 0.717) is 31.2 Å². The number of carbonyl (C=O) groups is 1. The molecule has 1 unspecified atom stereocenters. The second kappa shape index (κ2) is 7.42. The molecule has 1 atom stereocenters. The summed E-state index contributed by atoms with van der Waals surface area (Å²) in [5.41, 5.74) is 0.335. The van der Waals surface area contributed by atoms with Crippen molar-refractivity contribution in [2.45, 2.75) is 31.8 Å². The fourth-order valence-electron chi connectivity index (χ4n) is 3.43. The number of hydrogen-bond acceptors (Lipinski definition) is 6. The average Bonchev–Trinajstić information content (AvgIpc) is 3.24. The van der Waals surface area contributed by atoms with E-state index in [0.717, 1.165) is 38.8 Å². The highest BCUT2D eigenvalue weighted by Crippen LogP contribution is 2.31. The van der Waals surface area contributed by atoms with Crippen LogP contribution in [-0.2, 0) is 9.47 Å². The Hall–Kier alpha value is -1.44. The van der Waals surface area contributed by atoms with Crippen LogP contribution in [0.4, 0.5) is 0 Å². The third-order valence-corrected chi connectivity index (χ3v) is 4.77. The largest absolute Gasteiger partial charge is 0.445 e. The van der Waals surface area contributed by atoms with Crippen molar-refractivity contribution >= 4 is 5.91 Å². The molecule has 0 saturated carbocycles. The van der Waals surface area contributed by atoms with Gasteiger partial charge in [-0.1, -0.05) is 0 Å². The highest BCUT2D eigenvalue weighted by atomic mass is 16.5. The van der Waals surface area contributed by atoms with Crippen LogP contribution in [-0.4, -0.2) is 50.8 Å². The number of carbonyl (C=O) groups excluding carboxylic acids is 1. The molecule has 3 heterocycles. The maximum atomic E-state index is 12.5. The number of piperidine rings is 1. The van der Waals surface area contributed by atoms with Gasteiger partial charge in [0.1, 0.15) is 6.10 Å². The Labute approximate surface area is 136 Å². The van der Waals surface area contributed by atoms with Crippen LogP contribution in [0.3, 0.4) is 0 Å². The van der Waals surface area contributed by atoms with Gasteiger partial charge in [-0.3, -0.25) is 4.79 Å². The summed E-state index contributed by atoms with van der Waals surface area (Å²) < 4.78 is 16.4. The maximum Gasteiger partial charge on any atom is 0.273 e. The molecule has 23 heavy (non-hydrogen) atoms. The molecule has 2 aliphatic heterocycles. The van der Waals surface area contributed by atoms with Gasteiger partial charge < -0.3 is 24.5 Å². The van der Waals surface area contributed by atoms with Gasteiger partial charge in [0.05, 0.1) is 6.61 Å². The molecule has 2 aliphatic rings. The van der Waals surface area contributed by atoms with Crippen LogP contribution in [0.5, 0.6) is 0 Å². The minimum absolute atomic E-state index is 0.0105. The third-order valence-electron chi connectivity index (χ3n) is 4.77. The first kappa shape index (κ1) is 16.4. The van der Waals surface area contributed by atoms with E-state index in [-0.39, 0.29) is 17.4 Å². The number of nitrogens with zero attached hydrogens (tertiary/aromatic N) is 1. The first-order valence-corrected chi connectivity index (χ1v) is 8.27. The zero-order valence-electron chi connectivity index (χ0n) is 13.6. The SMILES string of the molecule is COCC1(CNC(=O)c2ncoc2C2CCCO2)CCNCC1. The van der Waals surface area contributed by atoms with Crippen LogP contribution in [0.15, 0.2) is 10.8 Å². The molecule has 2 fully saturated rings. The van der Waals surface area contributed by atoms with Crippen molar-refractivity contribution in [3.05, 3.63) is 17.8 Å². The molecule has 7 heteroatoms. The zero-order valence-corrected chi connectivity index (χ0v) is 13.6. The molecule has 7 nitrogen and oxygen atoms in total. The molecule has 0 aliphatic carbocycles. The molecule has 0 bridgehead atoms. The van der Waals surface area contributed by atoms with E-state index in [1.165, 1.54) is 6.39 Å². The number of oxazole rings is 1. The summed E-state index contributed by atoms with van der Waals surface area (Å²) in [6.45, 7) is 3.83. The lowest BCUT2D eigenvalue weighted by Crippen LogP contribution is -2.47.